The zero-order valence-corrected chi connectivity index (χ0v) is 13.3. The molecule has 0 aliphatic heterocycles. The van der Waals surface area contributed by atoms with Gasteiger partial charge >= 0.3 is 0 Å². The van der Waals surface area contributed by atoms with Crippen LogP contribution in [0.4, 0.5) is 0 Å². The number of aromatic nitrogens is 1. The summed E-state index contributed by atoms with van der Waals surface area (Å²) < 4.78 is 0. The molecule has 0 radical (unpaired) electrons. The van der Waals surface area contributed by atoms with Crippen LogP contribution in [0.2, 0.25) is 0 Å². The highest BCUT2D eigenvalue weighted by atomic mass is 16.1. The molecular weight excluding hydrogens is 286 g/mol. The molecule has 3 N–H and O–H groups in total. The number of carbonyl (C=O) groups is 1. The lowest BCUT2D eigenvalue weighted by atomic mass is 9.89. The van der Waals surface area contributed by atoms with Crippen molar-refractivity contribution in [2.24, 2.45) is 5.73 Å². The number of allylic oxidation sites excluding steroid dienone is 2. The van der Waals surface area contributed by atoms with Crippen molar-refractivity contribution in [3.05, 3.63) is 82.4 Å². The number of nitrogens with zero attached hydrogens (tertiary/aromatic N) is 1. The Morgan fingerprint density at radius 1 is 1.17 bits per heavy atom. The van der Waals surface area contributed by atoms with Gasteiger partial charge in [-0.3, -0.25) is 9.78 Å². The van der Waals surface area contributed by atoms with Crippen molar-refractivity contribution in [2.45, 2.75) is 20.4 Å². The number of pyridine rings is 1. The second kappa shape index (κ2) is 5.72. The number of Topliss-reactive ketones (excluding diaryl/α,β-unsaturated/α-hetero) is 1. The van der Waals surface area contributed by atoms with Gasteiger partial charge in [-0.2, -0.15) is 0 Å². The smallest absolute Gasteiger partial charge is 0.213 e. The molecule has 1 heterocycles. The summed E-state index contributed by atoms with van der Waals surface area (Å²) in [6.07, 6.45) is 3.20. The van der Waals surface area contributed by atoms with E-state index < -0.39 is 0 Å². The van der Waals surface area contributed by atoms with E-state index in [2.05, 4.69) is 48.9 Å². The summed E-state index contributed by atoms with van der Waals surface area (Å²) in [5.41, 5.74) is 12.4. The predicted octanol–water partition coefficient (Wildman–Crippen LogP) is 2.87. The summed E-state index contributed by atoms with van der Waals surface area (Å²) in [6.45, 7) is 8.65. The van der Waals surface area contributed by atoms with Crippen LogP contribution >= 0.6 is 0 Å². The van der Waals surface area contributed by atoms with Gasteiger partial charge in [0, 0.05) is 24.5 Å². The summed E-state index contributed by atoms with van der Waals surface area (Å²) in [5, 5.41) is 3.18. The average Bonchev–Trinajstić information content (AvgIpc) is 2.52. The molecule has 0 unspecified atom stereocenters. The third kappa shape index (κ3) is 2.75. The summed E-state index contributed by atoms with van der Waals surface area (Å²) in [5.74, 6) is -0.137. The second-order valence-electron chi connectivity index (χ2n) is 5.87. The minimum Gasteiger partial charge on any atom is -0.396 e. The Morgan fingerprint density at radius 2 is 1.87 bits per heavy atom. The van der Waals surface area contributed by atoms with E-state index in [-0.39, 0.29) is 5.78 Å². The number of nitrogens with one attached hydrogen (secondary N) is 1. The lowest BCUT2D eigenvalue weighted by Crippen LogP contribution is -2.29. The molecule has 0 saturated heterocycles. The molecule has 1 aromatic carbocycles. The van der Waals surface area contributed by atoms with Gasteiger partial charge in [-0.1, -0.05) is 35.9 Å². The van der Waals surface area contributed by atoms with Crippen LogP contribution in [0.15, 0.2) is 54.6 Å². The van der Waals surface area contributed by atoms with Gasteiger partial charge in [0.1, 0.15) is 5.70 Å². The van der Waals surface area contributed by atoms with E-state index in [4.69, 9.17) is 5.73 Å². The second-order valence-corrected chi connectivity index (χ2v) is 5.87. The standard InChI is InChI=1S/C19H19N3O/c1-11-6-12(2)8-14(7-11)9-22-18-17(20)13(3)15-4-5-21-10-16(15)19(18)23/h4-8,10,22H,3,9,20H2,1-2H3. The molecule has 0 amide bonds. The van der Waals surface area contributed by atoms with Crippen molar-refractivity contribution in [3.8, 4) is 0 Å². The Kier molecular flexibility index (Phi) is 3.74. The Balaban J connectivity index is 1.89. The van der Waals surface area contributed by atoms with Gasteiger partial charge in [0.15, 0.2) is 0 Å². The molecule has 116 valence electrons. The van der Waals surface area contributed by atoms with Crippen molar-refractivity contribution in [1.29, 1.82) is 0 Å². The third-order valence-corrected chi connectivity index (χ3v) is 3.96. The molecule has 23 heavy (non-hydrogen) atoms. The topological polar surface area (TPSA) is 68.0 Å². The van der Waals surface area contributed by atoms with E-state index >= 15 is 0 Å². The molecular formula is C19H19N3O. The van der Waals surface area contributed by atoms with Crippen molar-refractivity contribution < 1.29 is 4.79 Å². The van der Waals surface area contributed by atoms with Crippen LogP contribution in [0.1, 0.15) is 32.6 Å². The number of carbonyl (C=O) groups excluding carboxylic acids is 1. The van der Waals surface area contributed by atoms with Crippen molar-refractivity contribution in [1.82, 2.24) is 10.3 Å². The van der Waals surface area contributed by atoms with Crippen LogP contribution in [0.5, 0.6) is 0 Å². The Labute approximate surface area is 135 Å². The maximum Gasteiger partial charge on any atom is 0.213 e. The monoisotopic (exact) mass is 305 g/mol. The Hall–Kier alpha value is -2.88. The molecule has 4 heteroatoms. The van der Waals surface area contributed by atoms with Gasteiger partial charge in [0.2, 0.25) is 5.78 Å². The lowest BCUT2D eigenvalue weighted by molar-refractivity contribution is 0.102. The fraction of sp³-hybridized carbons (Fsp3) is 0.158. The minimum atomic E-state index is -0.137. The number of aryl methyl sites for hydroxylation is 2. The van der Waals surface area contributed by atoms with Crippen molar-refractivity contribution in [2.75, 3.05) is 0 Å². The Bertz CT molecular complexity index is 829. The van der Waals surface area contributed by atoms with E-state index in [1.165, 1.54) is 11.1 Å². The van der Waals surface area contributed by atoms with Gasteiger partial charge in [-0.15, -0.1) is 0 Å². The Morgan fingerprint density at radius 3 is 2.57 bits per heavy atom. The van der Waals surface area contributed by atoms with Gasteiger partial charge in [0.25, 0.3) is 0 Å². The summed E-state index contributed by atoms with van der Waals surface area (Å²) in [4.78, 5) is 16.7. The first-order valence-electron chi connectivity index (χ1n) is 7.46. The van der Waals surface area contributed by atoms with Crippen LogP contribution in [-0.2, 0) is 6.54 Å². The highest BCUT2D eigenvalue weighted by Gasteiger charge is 2.27. The molecule has 1 aliphatic carbocycles. The molecule has 0 spiro atoms. The molecule has 4 nitrogen and oxygen atoms in total. The highest BCUT2D eigenvalue weighted by molar-refractivity contribution is 6.16. The van der Waals surface area contributed by atoms with Crippen molar-refractivity contribution >= 4 is 11.4 Å². The molecule has 1 aromatic heterocycles. The number of benzene rings is 1. The quantitative estimate of drug-likeness (QED) is 0.915. The van der Waals surface area contributed by atoms with Gasteiger partial charge in [-0.25, -0.2) is 0 Å². The van der Waals surface area contributed by atoms with E-state index in [1.807, 2.05) is 0 Å². The fourth-order valence-corrected chi connectivity index (χ4v) is 2.93. The number of ketones is 1. The highest BCUT2D eigenvalue weighted by Crippen LogP contribution is 2.30. The number of rotatable bonds is 3. The normalized spacial score (nSPS) is 14.0. The van der Waals surface area contributed by atoms with Crippen LogP contribution in [0.3, 0.4) is 0 Å². The maximum atomic E-state index is 12.6. The molecule has 1 aliphatic rings. The van der Waals surface area contributed by atoms with E-state index in [0.29, 0.717) is 29.1 Å². The molecule has 0 saturated carbocycles. The van der Waals surface area contributed by atoms with E-state index in [0.717, 1.165) is 11.1 Å². The average molecular weight is 305 g/mol. The molecule has 0 bridgehead atoms. The summed E-state index contributed by atoms with van der Waals surface area (Å²) in [6, 6.07) is 8.07. The van der Waals surface area contributed by atoms with Crippen LogP contribution < -0.4 is 11.1 Å². The van der Waals surface area contributed by atoms with Crippen LogP contribution in [-0.4, -0.2) is 10.8 Å². The number of fused-ring (bicyclic) bond motifs is 1. The van der Waals surface area contributed by atoms with Crippen molar-refractivity contribution in [3.63, 3.8) is 0 Å². The largest absolute Gasteiger partial charge is 0.396 e. The zero-order chi connectivity index (χ0) is 16.6. The first-order valence-corrected chi connectivity index (χ1v) is 7.46. The van der Waals surface area contributed by atoms with E-state index in [1.54, 1.807) is 18.5 Å². The summed E-state index contributed by atoms with van der Waals surface area (Å²) >= 11 is 0. The van der Waals surface area contributed by atoms with Gasteiger partial charge in [0.05, 0.1) is 11.3 Å². The molecule has 0 fully saturated rings. The molecule has 3 rings (SSSR count). The van der Waals surface area contributed by atoms with E-state index in [9.17, 15) is 4.79 Å². The lowest BCUT2D eigenvalue weighted by Gasteiger charge is -2.22. The van der Waals surface area contributed by atoms with Gasteiger partial charge in [-0.05, 0) is 31.0 Å². The minimum absolute atomic E-state index is 0.137. The number of hydrogen-bond acceptors (Lipinski definition) is 4. The SMILES string of the molecule is C=C1C(N)=C(NCc2cc(C)cc(C)c2)C(=O)c2cnccc21. The first-order chi connectivity index (χ1) is 11.0. The summed E-state index contributed by atoms with van der Waals surface area (Å²) in [7, 11) is 0. The zero-order valence-electron chi connectivity index (χ0n) is 13.3. The third-order valence-electron chi connectivity index (χ3n) is 3.96. The fourth-order valence-electron chi connectivity index (χ4n) is 2.93. The van der Waals surface area contributed by atoms with Crippen LogP contribution in [0.25, 0.3) is 5.57 Å². The van der Waals surface area contributed by atoms with Gasteiger partial charge < -0.3 is 11.1 Å². The number of hydrogen-bond donors (Lipinski definition) is 2. The van der Waals surface area contributed by atoms with Crippen LogP contribution in [0, 0.1) is 13.8 Å². The predicted molar refractivity (Wildman–Crippen MR) is 91.6 cm³/mol. The maximum absolute atomic E-state index is 12.6. The molecule has 2 aromatic rings. The molecule has 0 atom stereocenters. The number of nitrogens with two attached hydrogens (primary N) is 1. The first kappa shape index (κ1) is 15.0.